The molecule has 0 saturated carbocycles. The molecular formula is C39H32O2S4. The van der Waals surface area contributed by atoms with Crippen molar-refractivity contribution >= 4 is 68.1 Å². The van der Waals surface area contributed by atoms with Crippen LogP contribution >= 0.6 is 47.0 Å². The van der Waals surface area contributed by atoms with Crippen LogP contribution in [-0.4, -0.2) is 33.2 Å². The summed E-state index contributed by atoms with van der Waals surface area (Å²) in [7, 11) is 0. The third kappa shape index (κ3) is 6.48. The van der Waals surface area contributed by atoms with Crippen LogP contribution in [0.3, 0.4) is 0 Å². The molecule has 5 aromatic rings. The van der Waals surface area contributed by atoms with Gasteiger partial charge in [-0.05, 0) is 92.7 Å². The first-order chi connectivity index (χ1) is 22.0. The van der Waals surface area contributed by atoms with Gasteiger partial charge in [-0.3, -0.25) is 9.59 Å². The number of carbonyl (C=O) groups excluding carboxylic acids is 2. The summed E-state index contributed by atoms with van der Waals surface area (Å²) in [5, 5.41) is 2.50. The molecule has 45 heavy (non-hydrogen) atoms. The zero-order valence-corrected chi connectivity index (χ0v) is 28.0. The number of benzene rings is 5. The van der Waals surface area contributed by atoms with Gasteiger partial charge in [-0.25, -0.2) is 0 Å². The van der Waals surface area contributed by atoms with Crippen LogP contribution in [0.15, 0.2) is 144 Å². The lowest BCUT2D eigenvalue weighted by molar-refractivity contribution is -0.107. The molecule has 0 bridgehead atoms. The third-order valence-electron chi connectivity index (χ3n) is 8.01. The van der Waals surface area contributed by atoms with Gasteiger partial charge in [0.2, 0.25) is 10.2 Å². The van der Waals surface area contributed by atoms with Gasteiger partial charge in [0.15, 0.2) is 0 Å². The van der Waals surface area contributed by atoms with Gasteiger partial charge in [0, 0.05) is 32.8 Å². The highest BCUT2D eigenvalue weighted by Gasteiger charge is 2.46. The number of hydrogen-bond acceptors (Lipinski definition) is 6. The summed E-state index contributed by atoms with van der Waals surface area (Å²) in [6.07, 6.45) is 2.75. The van der Waals surface area contributed by atoms with Gasteiger partial charge in [0.25, 0.3) is 0 Å². The van der Waals surface area contributed by atoms with Gasteiger partial charge >= 0.3 is 0 Å². The predicted molar refractivity (Wildman–Crippen MR) is 198 cm³/mol. The summed E-state index contributed by atoms with van der Waals surface area (Å²) < 4.78 is 0. The average Bonchev–Trinajstić information content (AvgIpc) is 3.37. The summed E-state index contributed by atoms with van der Waals surface area (Å²) >= 11 is 6.16. The van der Waals surface area contributed by atoms with E-state index in [1.807, 2.05) is 0 Å². The maximum atomic E-state index is 11.6. The fraction of sp³-hybridized carbons (Fsp3) is 0.128. The molecule has 6 rings (SSSR count). The molecule has 0 heterocycles. The van der Waals surface area contributed by atoms with E-state index in [0.717, 1.165) is 23.0 Å². The van der Waals surface area contributed by atoms with Crippen molar-refractivity contribution in [2.75, 3.05) is 23.0 Å². The van der Waals surface area contributed by atoms with E-state index in [2.05, 4.69) is 122 Å². The number of hydrogen-bond donors (Lipinski definition) is 0. The predicted octanol–water partition coefficient (Wildman–Crippen LogP) is 10.3. The van der Waals surface area contributed by atoms with Crippen LogP contribution in [0.1, 0.15) is 22.3 Å². The molecule has 0 aromatic heterocycles. The fourth-order valence-corrected chi connectivity index (χ4v) is 9.18. The van der Waals surface area contributed by atoms with Gasteiger partial charge in [-0.15, -0.1) is 23.5 Å². The van der Waals surface area contributed by atoms with E-state index in [4.69, 9.17) is 0 Å². The largest absolute Gasteiger partial charge is 0.282 e. The minimum absolute atomic E-state index is 0.0186. The highest BCUT2D eigenvalue weighted by atomic mass is 32.2. The number of carbonyl (C=O) groups is 2. The van der Waals surface area contributed by atoms with Gasteiger partial charge < -0.3 is 0 Å². The second-order valence-corrected chi connectivity index (χ2v) is 15.1. The molecular weight excluding hydrogens is 629 g/mol. The molecule has 0 unspecified atom stereocenters. The number of rotatable bonds is 12. The zero-order chi connectivity index (χ0) is 31.2. The maximum Gasteiger partial charge on any atom is 0.211 e. The molecule has 0 radical (unpaired) electrons. The van der Waals surface area contributed by atoms with Crippen LogP contribution in [0.4, 0.5) is 0 Å². The standard InChI is InChI=1S/C39H32O2S4/c1-3-37(40)44-23-21-42-31-17-13-29(14-18-31)39(30-15-19-32(20-16-30)43-22-24-45-38(41)4-2)35-12-8-7-11-33(35)34-25-27-9-5-6-10-28(27)26-36(34)39/h3-20,25-26H,1-2,21-24H2. The lowest BCUT2D eigenvalue weighted by Gasteiger charge is -2.34. The molecule has 5 aromatic carbocycles. The molecule has 0 atom stereocenters. The van der Waals surface area contributed by atoms with E-state index in [1.165, 1.54) is 89.6 Å². The molecule has 0 N–H and O–H groups in total. The van der Waals surface area contributed by atoms with Crippen molar-refractivity contribution in [3.8, 4) is 11.1 Å². The second kappa shape index (κ2) is 14.3. The molecule has 1 aliphatic rings. The summed E-state index contributed by atoms with van der Waals surface area (Å²) in [6, 6.07) is 40.2. The van der Waals surface area contributed by atoms with Crippen LogP contribution in [0.5, 0.6) is 0 Å². The average molecular weight is 661 g/mol. The molecule has 0 aliphatic heterocycles. The van der Waals surface area contributed by atoms with Crippen LogP contribution in [0, 0.1) is 0 Å². The Balaban J connectivity index is 1.41. The summed E-state index contributed by atoms with van der Waals surface area (Å²) in [6.45, 7) is 7.12. The van der Waals surface area contributed by atoms with E-state index in [1.54, 1.807) is 23.5 Å². The van der Waals surface area contributed by atoms with Gasteiger partial charge in [-0.1, -0.05) is 109 Å². The highest BCUT2D eigenvalue weighted by Crippen LogP contribution is 2.57. The summed E-state index contributed by atoms with van der Waals surface area (Å²) in [5.74, 6) is 3.21. The first-order valence-electron chi connectivity index (χ1n) is 14.7. The molecule has 224 valence electrons. The first kappa shape index (κ1) is 31.6. The minimum Gasteiger partial charge on any atom is -0.282 e. The Bertz CT molecular complexity index is 1810. The van der Waals surface area contributed by atoms with Crippen LogP contribution in [0.25, 0.3) is 21.9 Å². The maximum absolute atomic E-state index is 11.6. The monoisotopic (exact) mass is 660 g/mol. The molecule has 6 heteroatoms. The quantitative estimate of drug-likeness (QED) is 0.0738. The summed E-state index contributed by atoms with van der Waals surface area (Å²) in [5.41, 5.74) is 7.09. The van der Waals surface area contributed by atoms with E-state index >= 15 is 0 Å². The van der Waals surface area contributed by atoms with Crippen molar-refractivity contribution in [2.24, 2.45) is 0 Å². The van der Waals surface area contributed by atoms with Crippen LogP contribution < -0.4 is 0 Å². The fourth-order valence-electron chi connectivity index (χ4n) is 6.08. The van der Waals surface area contributed by atoms with Crippen molar-refractivity contribution in [2.45, 2.75) is 15.2 Å². The van der Waals surface area contributed by atoms with Crippen LogP contribution in [-0.2, 0) is 15.0 Å². The van der Waals surface area contributed by atoms with Gasteiger partial charge in [0.05, 0.1) is 5.41 Å². The Morgan fingerprint density at radius 1 is 0.556 bits per heavy atom. The topological polar surface area (TPSA) is 34.1 Å². The highest BCUT2D eigenvalue weighted by molar-refractivity contribution is 8.15. The Morgan fingerprint density at radius 2 is 1.04 bits per heavy atom. The van der Waals surface area contributed by atoms with Gasteiger partial charge in [-0.2, -0.15) is 0 Å². The number of thioether (sulfide) groups is 4. The zero-order valence-electron chi connectivity index (χ0n) is 24.7. The molecule has 0 fully saturated rings. The Morgan fingerprint density at radius 3 is 1.58 bits per heavy atom. The lowest BCUT2D eigenvalue weighted by atomic mass is 9.67. The molecule has 1 aliphatic carbocycles. The van der Waals surface area contributed by atoms with Crippen molar-refractivity contribution in [3.63, 3.8) is 0 Å². The molecule has 2 nitrogen and oxygen atoms in total. The summed E-state index contributed by atoms with van der Waals surface area (Å²) in [4.78, 5) is 25.6. The Labute approximate surface area is 282 Å². The minimum atomic E-state index is -0.485. The van der Waals surface area contributed by atoms with Crippen LogP contribution in [0.2, 0.25) is 0 Å². The first-order valence-corrected chi connectivity index (χ1v) is 18.7. The van der Waals surface area contributed by atoms with E-state index in [-0.39, 0.29) is 10.2 Å². The van der Waals surface area contributed by atoms with Crippen molar-refractivity contribution in [1.29, 1.82) is 0 Å². The molecule has 0 saturated heterocycles. The third-order valence-corrected chi connectivity index (χ3v) is 12.3. The molecule has 0 spiro atoms. The van der Waals surface area contributed by atoms with E-state index in [9.17, 15) is 9.59 Å². The molecule has 0 amide bonds. The van der Waals surface area contributed by atoms with E-state index in [0.29, 0.717) is 0 Å². The number of fused-ring (bicyclic) bond motifs is 4. The van der Waals surface area contributed by atoms with Crippen molar-refractivity contribution in [1.82, 2.24) is 0 Å². The van der Waals surface area contributed by atoms with E-state index < -0.39 is 5.41 Å². The smallest absolute Gasteiger partial charge is 0.211 e. The normalized spacial score (nSPS) is 12.8. The van der Waals surface area contributed by atoms with Crippen molar-refractivity contribution in [3.05, 3.63) is 157 Å². The van der Waals surface area contributed by atoms with Crippen molar-refractivity contribution < 1.29 is 9.59 Å². The Hall–Kier alpha value is -3.42. The lowest BCUT2D eigenvalue weighted by Crippen LogP contribution is -2.28. The second-order valence-electron chi connectivity index (χ2n) is 10.5. The SMILES string of the molecule is C=CC(=O)SCCSc1ccc(C2(c3ccc(SCCSC(=O)C=C)cc3)c3ccccc3-c3cc4ccccc4cc32)cc1. The Kier molecular flexibility index (Phi) is 10.1. The van der Waals surface area contributed by atoms with Gasteiger partial charge in [0.1, 0.15) is 0 Å².